The summed E-state index contributed by atoms with van der Waals surface area (Å²) >= 11 is 0. The summed E-state index contributed by atoms with van der Waals surface area (Å²) < 4.78 is 13.1. The van der Waals surface area contributed by atoms with Crippen LogP contribution in [0, 0.1) is 12.3 Å². The van der Waals surface area contributed by atoms with Crippen LogP contribution in [0.3, 0.4) is 0 Å². The van der Waals surface area contributed by atoms with Gasteiger partial charge in [-0.15, -0.1) is 12.3 Å². The maximum atomic E-state index is 8.39. The summed E-state index contributed by atoms with van der Waals surface area (Å²) in [7, 11) is 0. The molecule has 0 amide bonds. The summed E-state index contributed by atoms with van der Waals surface area (Å²) in [4.78, 5) is 0. The standard InChI is InChI=1S/C5H8O/c1-2-3-4-5-6/h1,6H,3-5H2/i5D2. The Morgan fingerprint density at radius 2 is 2.67 bits per heavy atom. The lowest BCUT2D eigenvalue weighted by Gasteiger charge is -1.79. The van der Waals surface area contributed by atoms with Gasteiger partial charge in [-0.05, 0) is 6.42 Å². The van der Waals surface area contributed by atoms with Crippen LogP contribution in [0.2, 0.25) is 0 Å². The number of rotatable bonds is 2. The quantitative estimate of drug-likeness (QED) is 0.482. The van der Waals surface area contributed by atoms with Crippen molar-refractivity contribution in [2.75, 3.05) is 6.56 Å². The van der Waals surface area contributed by atoms with Gasteiger partial charge >= 0.3 is 0 Å². The van der Waals surface area contributed by atoms with Gasteiger partial charge in [0.2, 0.25) is 0 Å². The average molecular weight is 86.1 g/mol. The van der Waals surface area contributed by atoms with Crippen LogP contribution in [0.25, 0.3) is 0 Å². The SMILES string of the molecule is [2H]C([2H])(O)CCC#C. The Kier molecular flexibility index (Phi) is 2.00. The molecule has 0 bridgehead atoms. The van der Waals surface area contributed by atoms with Crippen LogP contribution in [-0.4, -0.2) is 11.7 Å². The van der Waals surface area contributed by atoms with Gasteiger partial charge in [0.1, 0.15) is 0 Å². The maximum Gasteiger partial charge on any atom is 0.0564 e. The Hall–Kier alpha value is -0.480. The molecule has 0 atom stereocenters. The Morgan fingerprint density at radius 3 is 2.83 bits per heavy atom. The van der Waals surface area contributed by atoms with E-state index in [1.165, 1.54) is 0 Å². The molecular weight excluding hydrogens is 76.1 g/mol. The van der Waals surface area contributed by atoms with Gasteiger partial charge in [-0.25, -0.2) is 0 Å². The number of aliphatic hydroxyl groups is 1. The van der Waals surface area contributed by atoms with Gasteiger partial charge in [-0.2, -0.15) is 0 Å². The molecule has 1 nitrogen and oxygen atoms in total. The van der Waals surface area contributed by atoms with Crippen molar-refractivity contribution >= 4 is 0 Å². The molecule has 0 rings (SSSR count). The van der Waals surface area contributed by atoms with E-state index in [0.29, 0.717) is 0 Å². The summed E-state index contributed by atoms with van der Waals surface area (Å²) in [5, 5.41) is 8.39. The van der Waals surface area contributed by atoms with Gasteiger partial charge in [0.25, 0.3) is 0 Å². The molecule has 0 fully saturated rings. The fraction of sp³-hybridized carbons (Fsp3) is 0.600. The summed E-state index contributed by atoms with van der Waals surface area (Å²) in [6, 6.07) is 0. The molecule has 0 radical (unpaired) electrons. The molecule has 34 valence electrons. The zero-order valence-electron chi connectivity index (χ0n) is 5.44. The highest BCUT2D eigenvalue weighted by molar-refractivity contribution is 4.82. The van der Waals surface area contributed by atoms with Crippen molar-refractivity contribution in [2.24, 2.45) is 0 Å². The topological polar surface area (TPSA) is 20.2 Å². The Bertz CT molecular complexity index is 98.0. The van der Waals surface area contributed by atoms with E-state index in [2.05, 4.69) is 5.92 Å². The fourth-order valence-corrected chi connectivity index (χ4v) is 0.128. The molecular formula is C5H8O. The van der Waals surface area contributed by atoms with E-state index in [4.69, 9.17) is 14.3 Å². The molecule has 6 heavy (non-hydrogen) atoms. The van der Waals surface area contributed by atoms with Crippen molar-refractivity contribution < 1.29 is 7.85 Å². The minimum Gasteiger partial charge on any atom is -0.396 e. The van der Waals surface area contributed by atoms with Gasteiger partial charge in [-0.1, -0.05) is 0 Å². The predicted molar refractivity (Wildman–Crippen MR) is 25.2 cm³/mol. The highest BCUT2D eigenvalue weighted by atomic mass is 16.2. The summed E-state index contributed by atoms with van der Waals surface area (Å²) in [5.74, 6) is 2.22. The Labute approximate surface area is 40.8 Å². The maximum absolute atomic E-state index is 8.39. The van der Waals surface area contributed by atoms with E-state index in [-0.39, 0.29) is 12.8 Å². The summed E-state index contributed by atoms with van der Waals surface area (Å²) in [6.45, 7) is -2.09. The smallest absolute Gasteiger partial charge is 0.0564 e. The molecule has 1 heteroatoms. The molecule has 0 spiro atoms. The lowest BCUT2D eigenvalue weighted by molar-refractivity contribution is 0.290. The van der Waals surface area contributed by atoms with Crippen LogP contribution in [0.1, 0.15) is 15.6 Å². The van der Waals surface area contributed by atoms with Gasteiger partial charge in [0.05, 0.1) is 2.74 Å². The third-order valence-corrected chi connectivity index (χ3v) is 0.381. The molecule has 0 aliphatic heterocycles. The van der Waals surface area contributed by atoms with Gasteiger partial charge in [-0.3, -0.25) is 0 Å². The first-order chi connectivity index (χ1) is 3.56. The van der Waals surface area contributed by atoms with Crippen molar-refractivity contribution in [3.8, 4) is 12.3 Å². The second-order valence-corrected chi connectivity index (χ2v) is 0.862. The first kappa shape index (κ1) is 2.65. The Balaban J connectivity index is 3.28. The summed E-state index contributed by atoms with van der Waals surface area (Å²) in [5.41, 5.74) is 0. The number of hydrogen-bond donors (Lipinski definition) is 1. The minimum absolute atomic E-state index is 0.0174. The summed E-state index contributed by atoms with van der Waals surface area (Å²) in [6.07, 6.45) is 5.11. The lowest BCUT2D eigenvalue weighted by atomic mass is 10.3. The van der Waals surface area contributed by atoms with Crippen LogP contribution < -0.4 is 0 Å². The van der Waals surface area contributed by atoms with Crippen molar-refractivity contribution in [1.82, 2.24) is 0 Å². The van der Waals surface area contributed by atoms with Crippen molar-refractivity contribution in [1.29, 1.82) is 0 Å². The van der Waals surface area contributed by atoms with Crippen LogP contribution in [-0.2, 0) is 0 Å². The number of hydrogen-bond acceptors (Lipinski definition) is 1. The minimum atomic E-state index is -2.09. The molecule has 0 aromatic carbocycles. The fourth-order valence-electron chi connectivity index (χ4n) is 0.128. The lowest BCUT2D eigenvalue weighted by Crippen LogP contribution is -1.77. The zero-order chi connectivity index (χ0) is 6.62. The van der Waals surface area contributed by atoms with Crippen molar-refractivity contribution in [3.05, 3.63) is 0 Å². The van der Waals surface area contributed by atoms with Gasteiger partial charge < -0.3 is 5.11 Å². The molecule has 0 heterocycles. The third-order valence-electron chi connectivity index (χ3n) is 0.381. The van der Waals surface area contributed by atoms with Crippen LogP contribution >= 0.6 is 0 Å². The largest absolute Gasteiger partial charge is 0.396 e. The van der Waals surface area contributed by atoms with Gasteiger partial charge in [0, 0.05) is 13.0 Å². The highest BCUT2D eigenvalue weighted by Crippen LogP contribution is 1.79. The molecule has 0 aliphatic rings. The first-order valence-electron chi connectivity index (χ1n) is 2.72. The van der Waals surface area contributed by atoms with Crippen LogP contribution in [0.5, 0.6) is 0 Å². The average Bonchev–Trinajstić information content (AvgIpc) is 1.59. The van der Waals surface area contributed by atoms with E-state index in [9.17, 15) is 0 Å². The molecule has 1 N–H and O–H groups in total. The van der Waals surface area contributed by atoms with Crippen LogP contribution in [0.15, 0.2) is 0 Å². The van der Waals surface area contributed by atoms with Crippen molar-refractivity contribution in [2.45, 2.75) is 12.8 Å². The Morgan fingerprint density at radius 1 is 2.00 bits per heavy atom. The molecule has 0 saturated carbocycles. The predicted octanol–water partition coefficient (Wildman–Crippen LogP) is 0.392. The van der Waals surface area contributed by atoms with E-state index < -0.39 is 6.56 Å². The third kappa shape index (κ3) is 3.52. The van der Waals surface area contributed by atoms with Gasteiger partial charge in [0.15, 0.2) is 0 Å². The molecule has 0 aromatic heterocycles. The van der Waals surface area contributed by atoms with E-state index >= 15 is 0 Å². The van der Waals surface area contributed by atoms with Crippen molar-refractivity contribution in [3.63, 3.8) is 0 Å². The van der Waals surface area contributed by atoms with E-state index in [0.717, 1.165) is 0 Å². The monoisotopic (exact) mass is 86.1 g/mol. The first-order valence-corrected chi connectivity index (χ1v) is 1.72. The highest BCUT2D eigenvalue weighted by Gasteiger charge is 1.72. The second kappa shape index (κ2) is 4.52. The van der Waals surface area contributed by atoms with E-state index in [1.807, 2.05) is 0 Å². The number of terminal acetylenes is 1. The van der Waals surface area contributed by atoms with Crippen LogP contribution in [0.4, 0.5) is 0 Å². The second-order valence-electron chi connectivity index (χ2n) is 0.862. The normalized spacial score (nSPS) is 14.7. The molecule has 0 unspecified atom stereocenters. The zero-order valence-corrected chi connectivity index (χ0v) is 3.44. The molecule has 0 aliphatic carbocycles. The van der Waals surface area contributed by atoms with E-state index in [1.54, 1.807) is 0 Å². The molecule has 0 saturated heterocycles. The molecule has 0 aromatic rings.